The van der Waals surface area contributed by atoms with Gasteiger partial charge in [-0.2, -0.15) is 0 Å². The normalized spacial score (nSPS) is 19.2. The van der Waals surface area contributed by atoms with Crippen molar-refractivity contribution in [1.29, 1.82) is 0 Å². The highest BCUT2D eigenvalue weighted by atomic mass is 32.1. The van der Waals surface area contributed by atoms with Gasteiger partial charge in [0.15, 0.2) is 5.11 Å². The largest absolute Gasteiger partial charge is 0.360 e. The molecular weight excluding hydrogens is 156 g/mol. The molecule has 1 aliphatic carbocycles. The van der Waals surface area contributed by atoms with Gasteiger partial charge in [-0.25, -0.2) is 0 Å². The van der Waals surface area contributed by atoms with E-state index in [2.05, 4.69) is 12.2 Å². The van der Waals surface area contributed by atoms with Crippen molar-refractivity contribution in [3.05, 3.63) is 0 Å². The number of hydrogen-bond acceptors (Lipinski definition) is 1. The van der Waals surface area contributed by atoms with E-state index < -0.39 is 0 Å². The van der Waals surface area contributed by atoms with E-state index in [1.54, 1.807) is 0 Å². The van der Waals surface area contributed by atoms with Gasteiger partial charge >= 0.3 is 0 Å². The van der Waals surface area contributed by atoms with Crippen molar-refractivity contribution in [2.24, 2.45) is 5.92 Å². The molecule has 1 fully saturated rings. The number of nitrogens with one attached hydrogen (secondary N) is 1. The van der Waals surface area contributed by atoms with Gasteiger partial charge in [0.1, 0.15) is 0 Å². The van der Waals surface area contributed by atoms with Crippen molar-refractivity contribution in [2.75, 3.05) is 14.1 Å². The molecule has 0 aromatic heterocycles. The van der Waals surface area contributed by atoms with Crippen LogP contribution in [0, 0.1) is 5.92 Å². The van der Waals surface area contributed by atoms with Gasteiger partial charge in [-0.1, -0.05) is 0 Å². The Bertz CT molecular complexity index is 152. The third-order valence-electron chi connectivity index (χ3n) is 2.09. The zero-order valence-corrected chi connectivity index (χ0v) is 8.24. The van der Waals surface area contributed by atoms with Crippen LogP contribution in [0.25, 0.3) is 0 Å². The lowest BCUT2D eigenvalue weighted by Gasteiger charge is -2.20. The highest BCUT2D eigenvalue weighted by Gasteiger charge is 2.28. The van der Waals surface area contributed by atoms with Crippen molar-refractivity contribution >= 4 is 17.3 Å². The zero-order valence-electron chi connectivity index (χ0n) is 7.42. The summed E-state index contributed by atoms with van der Waals surface area (Å²) in [6, 6.07) is 0.560. The maximum Gasteiger partial charge on any atom is 0.168 e. The van der Waals surface area contributed by atoms with Crippen LogP contribution in [-0.2, 0) is 0 Å². The Balaban J connectivity index is 2.23. The van der Waals surface area contributed by atoms with E-state index in [1.165, 1.54) is 12.8 Å². The second-order valence-corrected chi connectivity index (χ2v) is 3.86. The lowest BCUT2D eigenvalue weighted by atomic mass is 10.2. The molecule has 1 rings (SSSR count). The fraction of sp³-hybridized carbons (Fsp3) is 0.875. The van der Waals surface area contributed by atoms with Crippen LogP contribution < -0.4 is 5.32 Å². The van der Waals surface area contributed by atoms with Crippen LogP contribution in [0.5, 0.6) is 0 Å². The predicted molar refractivity (Wildman–Crippen MR) is 51.6 cm³/mol. The quantitative estimate of drug-likeness (QED) is 0.631. The highest BCUT2D eigenvalue weighted by Crippen LogP contribution is 2.32. The summed E-state index contributed by atoms with van der Waals surface area (Å²) in [6.45, 7) is 2.20. The third-order valence-corrected chi connectivity index (χ3v) is 2.57. The van der Waals surface area contributed by atoms with Gasteiger partial charge < -0.3 is 10.2 Å². The summed E-state index contributed by atoms with van der Waals surface area (Å²) >= 11 is 5.12. The van der Waals surface area contributed by atoms with Crippen LogP contribution in [0.1, 0.15) is 19.8 Å². The first kappa shape index (κ1) is 8.78. The molecule has 0 aliphatic heterocycles. The monoisotopic (exact) mass is 172 g/mol. The molecule has 0 heterocycles. The Morgan fingerprint density at radius 2 is 2.09 bits per heavy atom. The van der Waals surface area contributed by atoms with Crippen molar-refractivity contribution in [1.82, 2.24) is 10.2 Å². The summed E-state index contributed by atoms with van der Waals surface area (Å²) in [5.74, 6) is 0.868. The van der Waals surface area contributed by atoms with Gasteiger partial charge in [0, 0.05) is 20.1 Å². The second kappa shape index (κ2) is 3.39. The van der Waals surface area contributed by atoms with Crippen LogP contribution >= 0.6 is 12.2 Å². The van der Waals surface area contributed by atoms with Gasteiger partial charge in [-0.15, -0.1) is 0 Å². The SMILES string of the molecule is CC(NC(=S)N(C)C)C1CC1. The molecule has 1 saturated carbocycles. The molecule has 3 heteroatoms. The van der Waals surface area contributed by atoms with Crippen LogP contribution in [0.3, 0.4) is 0 Å². The molecule has 0 saturated heterocycles. The summed E-state index contributed by atoms with van der Waals surface area (Å²) < 4.78 is 0. The Kier molecular flexibility index (Phi) is 2.71. The summed E-state index contributed by atoms with van der Waals surface area (Å²) in [7, 11) is 3.93. The average molecular weight is 172 g/mol. The molecule has 0 bridgehead atoms. The molecule has 1 N–H and O–H groups in total. The molecule has 11 heavy (non-hydrogen) atoms. The molecule has 0 amide bonds. The summed E-state index contributed by atoms with van der Waals surface area (Å²) in [5.41, 5.74) is 0. The minimum absolute atomic E-state index is 0.560. The maximum absolute atomic E-state index is 5.12. The van der Waals surface area contributed by atoms with E-state index in [-0.39, 0.29) is 0 Å². The average Bonchev–Trinajstić information content (AvgIpc) is 2.67. The Morgan fingerprint density at radius 3 is 2.45 bits per heavy atom. The minimum atomic E-state index is 0.560. The highest BCUT2D eigenvalue weighted by molar-refractivity contribution is 7.80. The minimum Gasteiger partial charge on any atom is -0.360 e. The fourth-order valence-electron chi connectivity index (χ4n) is 1.04. The Hall–Kier alpha value is -0.310. The molecule has 0 aromatic rings. The first-order chi connectivity index (χ1) is 5.11. The molecule has 1 atom stereocenters. The Morgan fingerprint density at radius 1 is 1.55 bits per heavy atom. The molecule has 0 radical (unpaired) electrons. The second-order valence-electron chi connectivity index (χ2n) is 3.47. The first-order valence-electron chi connectivity index (χ1n) is 4.09. The van der Waals surface area contributed by atoms with E-state index in [4.69, 9.17) is 12.2 Å². The third kappa shape index (κ3) is 2.66. The van der Waals surface area contributed by atoms with Gasteiger partial charge in [0.2, 0.25) is 0 Å². The van der Waals surface area contributed by atoms with Crippen molar-refractivity contribution in [2.45, 2.75) is 25.8 Å². The lowest BCUT2D eigenvalue weighted by Crippen LogP contribution is -2.40. The zero-order chi connectivity index (χ0) is 8.43. The number of rotatable bonds is 2. The molecule has 0 aromatic carbocycles. The van der Waals surface area contributed by atoms with Crippen molar-refractivity contribution in [3.8, 4) is 0 Å². The number of hydrogen-bond donors (Lipinski definition) is 1. The van der Waals surface area contributed by atoms with Crippen LogP contribution in [0.15, 0.2) is 0 Å². The summed E-state index contributed by atoms with van der Waals surface area (Å²) in [4.78, 5) is 1.94. The molecule has 64 valence electrons. The Labute approximate surface area is 74.0 Å². The van der Waals surface area contributed by atoms with Crippen LogP contribution in [0.4, 0.5) is 0 Å². The maximum atomic E-state index is 5.12. The van der Waals surface area contributed by atoms with E-state index in [1.807, 2.05) is 19.0 Å². The van der Waals surface area contributed by atoms with Gasteiger partial charge in [-0.3, -0.25) is 0 Å². The standard InChI is InChI=1S/C8H16N2S/c1-6(7-4-5-7)9-8(11)10(2)3/h6-7H,4-5H2,1-3H3,(H,9,11). The smallest absolute Gasteiger partial charge is 0.168 e. The lowest BCUT2D eigenvalue weighted by molar-refractivity contribution is 0.531. The topological polar surface area (TPSA) is 15.3 Å². The van der Waals surface area contributed by atoms with E-state index >= 15 is 0 Å². The van der Waals surface area contributed by atoms with Crippen molar-refractivity contribution < 1.29 is 0 Å². The number of thiocarbonyl (C=S) groups is 1. The molecule has 0 spiro atoms. The molecule has 1 unspecified atom stereocenters. The van der Waals surface area contributed by atoms with Gasteiger partial charge in [0.25, 0.3) is 0 Å². The predicted octanol–water partition coefficient (Wildman–Crippen LogP) is 1.22. The summed E-state index contributed by atoms with van der Waals surface area (Å²) in [5, 5.41) is 4.15. The first-order valence-corrected chi connectivity index (χ1v) is 4.50. The molecule has 2 nitrogen and oxygen atoms in total. The van der Waals surface area contributed by atoms with Crippen LogP contribution in [0.2, 0.25) is 0 Å². The van der Waals surface area contributed by atoms with E-state index in [9.17, 15) is 0 Å². The molecular formula is C8H16N2S. The van der Waals surface area contributed by atoms with Gasteiger partial charge in [-0.05, 0) is 37.9 Å². The van der Waals surface area contributed by atoms with E-state index in [0.29, 0.717) is 6.04 Å². The van der Waals surface area contributed by atoms with Crippen molar-refractivity contribution in [3.63, 3.8) is 0 Å². The van der Waals surface area contributed by atoms with E-state index in [0.717, 1.165) is 11.0 Å². The molecule has 1 aliphatic rings. The fourth-order valence-corrected chi connectivity index (χ4v) is 1.22. The number of nitrogens with zero attached hydrogens (tertiary/aromatic N) is 1. The summed E-state index contributed by atoms with van der Waals surface area (Å²) in [6.07, 6.45) is 2.73. The van der Waals surface area contributed by atoms with Gasteiger partial charge in [0.05, 0.1) is 0 Å². The van der Waals surface area contributed by atoms with Crippen LogP contribution in [-0.4, -0.2) is 30.1 Å².